The Kier molecular flexibility index (Phi) is 2.79. The van der Waals surface area contributed by atoms with Gasteiger partial charge in [0.15, 0.2) is 0 Å². The molecular formula is C8H16ClNO. The van der Waals surface area contributed by atoms with E-state index in [1.165, 1.54) is 32.1 Å². The smallest absolute Gasteiger partial charge is 0.0833 e. The van der Waals surface area contributed by atoms with Gasteiger partial charge in [0.05, 0.1) is 5.60 Å². The van der Waals surface area contributed by atoms with Crippen LogP contribution in [0.1, 0.15) is 32.1 Å². The Bertz CT molecular complexity index is 129. The van der Waals surface area contributed by atoms with E-state index in [0.29, 0.717) is 6.04 Å². The largest absolute Gasteiger partial charge is 0.373 e. The van der Waals surface area contributed by atoms with Crippen molar-refractivity contribution >= 4 is 12.4 Å². The number of rotatable bonds is 0. The van der Waals surface area contributed by atoms with Crippen molar-refractivity contribution in [2.45, 2.75) is 43.7 Å². The summed E-state index contributed by atoms with van der Waals surface area (Å²) >= 11 is 0. The Morgan fingerprint density at radius 1 is 1.27 bits per heavy atom. The van der Waals surface area contributed by atoms with Crippen LogP contribution in [0.4, 0.5) is 0 Å². The number of hydrogen-bond acceptors (Lipinski definition) is 2. The predicted octanol–water partition coefficient (Wildman–Crippen LogP) is 1.47. The molecule has 0 radical (unpaired) electrons. The highest BCUT2D eigenvalue weighted by atomic mass is 35.5. The highest BCUT2D eigenvalue weighted by Gasteiger charge is 2.43. The van der Waals surface area contributed by atoms with E-state index in [4.69, 9.17) is 10.5 Å². The van der Waals surface area contributed by atoms with Crippen molar-refractivity contribution in [2.24, 2.45) is 5.73 Å². The van der Waals surface area contributed by atoms with E-state index in [-0.39, 0.29) is 18.0 Å². The van der Waals surface area contributed by atoms with Gasteiger partial charge in [-0.25, -0.2) is 0 Å². The third-order valence-electron chi connectivity index (χ3n) is 2.92. The zero-order chi connectivity index (χ0) is 7.03. The normalized spacial score (nSPS) is 42.8. The molecule has 2 N–H and O–H groups in total. The second-order valence-corrected chi connectivity index (χ2v) is 3.52. The highest BCUT2D eigenvalue weighted by molar-refractivity contribution is 5.85. The van der Waals surface area contributed by atoms with Gasteiger partial charge in [0.25, 0.3) is 0 Å². The Balaban J connectivity index is 0.000000605. The molecule has 0 aromatic rings. The molecule has 66 valence electrons. The van der Waals surface area contributed by atoms with Crippen molar-refractivity contribution in [1.29, 1.82) is 0 Å². The van der Waals surface area contributed by atoms with Crippen LogP contribution in [-0.4, -0.2) is 18.2 Å². The molecule has 2 rings (SSSR count). The van der Waals surface area contributed by atoms with E-state index in [1.807, 2.05) is 0 Å². The van der Waals surface area contributed by atoms with E-state index in [0.717, 1.165) is 6.61 Å². The predicted molar refractivity (Wildman–Crippen MR) is 47.0 cm³/mol. The standard InChI is InChI=1S/C8H15NO.ClH/c9-7-3-1-4-8(7)5-2-6-10-8;/h7H,1-6,9H2;1H. The topological polar surface area (TPSA) is 35.2 Å². The molecule has 1 saturated carbocycles. The number of ether oxygens (including phenoxy) is 1. The Labute approximate surface area is 73.9 Å². The van der Waals surface area contributed by atoms with Crippen LogP contribution < -0.4 is 5.73 Å². The lowest BCUT2D eigenvalue weighted by atomic mass is 9.95. The van der Waals surface area contributed by atoms with Gasteiger partial charge in [-0.2, -0.15) is 0 Å². The summed E-state index contributed by atoms with van der Waals surface area (Å²) in [6.45, 7) is 0.938. The fraction of sp³-hybridized carbons (Fsp3) is 1.00. The molecule has 2 nitrogen and oxygen atoms in total. The van der Waals surface area contributed by atoms with Gasteiger partial charge in [0.2, 0.25) is 0 Å². The highest BCUT2D eigenvalue weighted by Crippen LogP contribution is 2.39. The van der Waals surface area contributed by atoms with Gasteiger partial charge in [-0.1, -0.05) is 0 Å². The maximum absolute atomic E-state index is 5.95. The number of halogens is 1. The van der Waals surface area contributed by atoms with Crippen LogP contribution in [0.5, 0.6) is 0 Å². The molecule has 0 amide bonds. The van der Waals surface area contributed by atoms with Gasteiger partial charge in [0, 0.05) is 12.6 Å². The fourth-order valence-electron chi connectivity index (χ4n) is 2.28. The lowest BCUT2D eigenvalue weighted by Gasteiger charge is -2.27. The zero-order valence-electron chi connectivity index (χ0n) is 6.71. The van der Waals surface area contributed by atoms with Gasteiger partial charge >= 0.3 is 0 Å². The second-order valence-electron chi connectivity index (χ2n) is 3.52. The molecule has 2 atom stereocenters. The molecular weight excluding hydrogens is 162 g/mol. The molecule has 1 saturated heterocycles. The summed E-state index contributed by atoms with van der Waals surface area (Å²) in [6, 6.07) is 0.329. The molecule has 0 bridgehead atoms. The van der Waals surface area contributed by atoms with Crippen LogP contribution in [0, 0.1) is 0 Å². The third kappa shape index (κ3) is 1.40. The number of nitrogens with two attached hydrogens (primary N) is 1. The van der Waals surface area contributed by atoms with Crippen LogP contribution in [0.15, 0.2) is 0 Å². The third-order valence-corrected chi connectivity index (χ3v) is 2.92. The zero-order valence-corrected chi connectivity index (χ0v) is 7.53. The van der Waals surface area contributed by atoms with E-state index in [2.05, 4.69) is 0 Å². The summed E-state index contributed by atoms with van der Waals surface area (Å²) in [6.07, 6.45) is 6.05. The van der Waals surface area contributed by atoms with Crippen LogP contribution in [0.25, 0.3) is 0 Å². The van der Waals surface area contributed by atoms with Gasteiger partial charge in [-0.05, 0) is 32.1 Å². The van der Waals surface area contributed by atoms with Gasteiger partial charge in [-0.15, -0.1) is 12.4 Å². The lowest BCUT2D eigenvalue weighted by molar-refractivity contribution is -0.00188. The summed E-state index contributed by atoms with van der Waals surface area (Å²) < 4.78 is 5.69. The Morgan fingerprint density at radius 3 is 2.45 bits per heavy atom. The SMILES string of the molecule is Cl.NC1CCCC12CCCO2. The summed E-state index contributed by atoms with van der Waals surface area (Å²) in [7, 11) is 0. The monoisotopic (exact) mass is 177 g/mol. The van der Waals surface area contributed by atoms with Crippen LogP contribution in [0.2, 0.25) is 0 Å². The molecule has 1 heterocycles. The molecule has 0 aromatic heterocycles. The minimum absolute atomic E-state index is 0. The first-order chi connectivity index (χ1) is 4.83. The van der Waals surface area contributed by atoms with E-state index in [1.54, 1.807) is 0 Å². The molecule has 2 unspecified atom stereocenters. The summed E-state index contributed by atoms with van der Waals surface area (Å²) in [4.78, 5) is 0. The van der Waals surface area contributed by atoms with Gasteiger partial charge < -0.3 is 10.5 Å². The summed E-state index contributed by atoms with van der Waals surface area (Å²) in [5.41, 5.74) is 6.08. The first-order valence-electron chi connectivity index (χ1n) is 4.23. The lowest BCUT2D eigenvalue weighted by Crippen LogP contribution is -2.42. The molecule has 3 heteroatoms. The Morgan fingerprint density at radius 2 is 2.00 bits per heavy atom. The fourth-order valence-corrected chi connectivity index (χ4v) is 2.28. The quantitative estimate of drug-likeness (QED) is 0.608. The molecule has 1 aliphatic heterocycles. The van der Waals surface area contributed by atoms with Crippen molar-refractivity contribution in [2.75, 3.05) is 6.61 Å². The molecule has 1 aliphatic carbocycles. The van der Waals surface area contributed by atoms with E-state index in [9.17, 15) is 0 Å². The van der Waals surface area contributed by atoms with Gasteiger partial charge in [-0.3, -0.25) is 0 Å². The summed E-state index contributed by atoms with van der Waals surface area (Å²) in [5, 5.41) is 0. The molecule has 1 spiro atoms. The second kappa shape index (κ2) is 3.30. The van der Waals surface area contributed by atoms with Crippen molar-refractivity contribution in [1.82, 2.24) is 0 Å². The Hall–Kier alpha value is 0.210. The van der Waals surface area contributed by atoms with Crippen molar-refractivity contribution in [3.8, 4) is 0 Å². The maximum Gasteiger partial charge on any atom is 0.0833 e. The first-order valence-corrected chi connectivity index (χ1v) is 4.23. The van der Waals surface area contributed by atoms with Crippen molar-refractivity contribution in [3.63, 3.8) is 0 Å². The van der Waals surface area contributed by atoms with E-state index < -0.39 is 0 Å². The average molecular weight is 178 g/mol. The molecule has 2 fully saturated rings. The molecule has 2 aliphatic rings. The number of hydrogen-bond donors (Lipinski definition) is 1. The van der Waals surface area contributed by atoms with Crippen molar-refractivity contribution in [3.05, 3.63) is 0 Å². The van der Waals surface area contributed by atoms with Crippen LogP contribution in [-0.2, 0) is 4.74 Å². The minimum Gasteiger partial charge on any atom is -0.373 e. The van der Waals surface area contributed by atoms with Crippen LogP contribution in [0.3, 0.4) is 0 Å². The minimum atomic E-state index is 0. The van der Waals surface area contributed by atoms with E-state index >= 15 is 0 Å². The van der Waals surface area contributed by atoms with Gasteiger partial charge in [0.1, 0.15) is 0 Å². The molecule has 11 heavy (non-hydrogen) atoms. The first kappa shape index (κ1) is 9.30. The average Bonchev–Trinajstić information content (AvgIpc) is 2.48. The molecule has 0 aromatic carbocycles. The van der Waals surface area contributed by atoms with Crippen molar-refractivity contribution < 1.29 is 4.74 Å². The maximum atomic E-state index is 5.95. The summed E-state index contributed by atoms with van der Waals surface area (Å²) in [5.74, 6) is 0. The van der Waals surface area contributed by atoms with Crippen LogP contribution >= 0.6 is 12.4 Å².